The van der Waals surface area contributed by atoms with Crippen molar-refractivity contribution in [3.05, 3.63) is 64.7 Å². The standard InChI is InChI=1S/C24H27N3O3S/c1-29-22-6-3-18(4-7-22)16-26-24(28)20(15-25)13-19-5-8-23(30-2)21(14-19)17-27-9-11-31-12-10-27/h3-8,13-14H,9-12,16-17H2,1-2H3,(H,26,28). The van der Waals surface area contributed by atoms with Crippen molar-refractivity contribution in [2.24, 2.45) is 0 Å². The van der Waals surface area contributed by atoms with Crippen LogP contribution < -0.4 is 14.8 Å². The third-order valence-electron chi connectivity index (χ3n) is 5.09. The van der Waals surface area contributed by atoms with E-state index >= 15 is 0 Å². The lowest BCUT2D eigenvalue weighted by molar-refractivity contribution is -0.117. The fourth-order valence-corrected chi connectivity index (χ4v) is 4.33. The molecule has 0 radical (unpaired) electrons. The molecule has 1 saturated heterocycles. The van der Waals surface area contributed by atoms with Gasteiger partial charge in [-0.25, -0.2) is 0 Å². The summed E-state index contributed by atoms with van der Waals surface area (Å²) in [5, 5.41) is 12.3. The predicted molar refractivity (Wildman–Crippen MR) is 124 cm³/mol. The van der Waals surface area contributed by atoms with Crippen molar-refractivity contribution in [2.75, 3.05) is 38.8 Å². The molecule has 1 fully saturated rings. The molecule has 162 valence electrons. The molecule has 7 heteroatoms. The van der Waals surface area contributed by atoms with Gasteiger partial charge in [-0.2, -0.15) is 17.0 Å². The molecule has 0 bridgehead atoms. The Kier molecular flexibility index (Phi) is 8.39. The van der Waals surface area contributed by atoms with Gasteiger partial charge in [0.2, 0.25) is 0 Å². The van der Waals surface area contributed by atoms with Crippen molar-refractivity contribution in [3.8, 4) is 17.6 Å². The number of rotatable bonds is 8. The lowest BCUT2D eigenvalue weighted by atomic mass is 10.1. The minimum Gasteiger partial charge on any atom is -0.497 e. The Morgan fingerprint density at radius 3 is 2.55 bits per heavy atom. The van der Waals surface area contributed by atoms with Crippen molar-refractivity contribution in [1.82, 2.24) is 10.2 Å². The Morgan fingerprint density at radius 2 is 1.90 bits per heavy atom. The van der Waals surface area contributed by atoms with E-state index in [1.807, 2.05) is 60.3 Å². The molecule has 1 N–H and O–H groups in total. The van der Waals surface area contributed by atoms with E-state index < -0.39 is 5.91 Å². The molecule has 0 unspecified atom stereocenters. The van der Waals surface area contributed by atoms with Gasteiger partial charge in [-0.05, 0) is 41.5 Å². The highest BCUT2D eigenvalue weighted by Crippen LogP contribution is 2.24. The predicted octanol–water partition coefficient (Wildman–Crippen LogP) is 3.48. The van der Waals surface area contributed by atoms with Gasteiger partial charge in [0.05, 0.1) is 14.2 Å². The highest BCUT2D eigenvalue weighted by Gasteiger charge is 2.14. The molecule has 3 rings (SSSR count). The van der Waals surface area contributed by atoms with Crippen molar-refractivity contribution in [2.45, 2.75) is 13.1 Å². The highest BCUT2D eigenvalue weighted by molar-refractivity contribution is 7.99. The summed E-state index contributed by atoms with van der Waals surface area (Å²) in [7, 11) is 3.27. The maximum Gasteiger partial charge on any atom is 0.262 e. The van der Waals surface area contributed by atoms with Crippen LogP contribution in [0.2, 0.25) is 0 Å². The Bertz CT molecular complexity index is 961. The van der Waals surface area contributed by atoms with E-state index in [-0.39, 0.29) is 5.57 Å². The van der Waals surface area contributed by atoms with Crippen LogP contribution in [-0.4, -0.2) is 49.6 Å². The highest BCUT2D eigenvalue weighted by atomic mass is 32.2. The number of carbonyl (C=O) groups excluding carboxylic acids is 1. The number of thioether (sulfide) groups is 1. The molecule has 1 heterocycles. The van der Waals surface area contributed by atoms with Crippen LogP contribution in [0.1, 0.15) is 16.7 Å². The second-order valence-electron chi connectivity index (χ2n) is 7.16. The number of nitriles is 1. The van der Waals surface area contributed by atoms with Crippen LogP contribution in [0, 0.1) is 11.3 Å². The van der Waals surface area contributed by atoms with E-state index in [1.54, 1.807) is 20.3 Å². The topological polar surface area (TPSA) is 74.6 Å². The van der Waals surface area contributed by atoms with E-state index in [4.69, 9.17) is 9.47 Å². The lowest BCUT2D eigenvalue weighted by Crippen LogP contribution is -2.32. The lowest BCUT2D eigenvalue weighted by Gasteiger charge is -2.26. The van der Waals surface area contributed by atoms with Gasteiger partial charge >= 0.3 is 0 Å². The minimum absolute atomic E-state index is 0.0685. The molecule has 1 aliphatic heterocycles. The van der Waals surface area contributed by atoms with Crippen LogP contribution in [0.4, 0.5) is 0 Å². The summed E-state index contributed by atoms with van der Waals surface area (Å²) in [6, 6.07) is 15.2. The normalized spacial score (nSPS) is 14.5. The van der Waals surface area contributed by atoms with Gasteiger partial charge in [0.1, 0.15) is 23.1 Å². The molecule has 1 amide bonds. The minimum atomic E-state index is -0.399. The zero-order valence-electron chi connectivity index (χ0n) is 17.9. The zero-order chi connectivity index (χ0) is 22.1. The number of carbonyl (C=O) groups is 1. The summed E-state index contributed by atoms with van der Waals surface area (Å²) >= 11 is 1.97. The third kappa shape index (κ3) is 6.51. The summed E-state index contributed by atoms with van der Waals surface area (Å²) in [5.74, 6) is 3.44. The SMILES string of the molecule is COc1ccc(CNC(=O)C(C#N)=Cc2ccc(OC)c(CN3CCSCC3)c2)cc1. The Labute approximate surface area is 187 Å². The van der Waals surface area contributed by atoms with Crippen molar-refractivity contribution in [1.29, 1.82) is 5.26 Å². The number of amides is 1. The molecule has 2 aromatic rings. The van der Waals surface area contributed by atoms with E-state index in [1.165, 1.54) is 0 Å². The fourth-order valence-electron chi connectivity index (χ4n) is 3.35. The van der Waals surface area contributed by atoms with Gasteiger partial charge in [-0.15, -0.1) is 0 Å². The zero-order valence-corrected chi connectivity index (χ0v) is 18.7. The first-order valence-electron chi connectivity index (χ1n) is 10.1. The second kappa shape index (κ2) is 11.4. The molecule has 0 aliphatic carbocycles. The number of nitrogens with zero attached hydrogens (tertiary/aromatic N) is 2. The van der Waals surface area contributed by atoms with Gasteiger partial charge in [0.15, 0.2) is 0 Å². The smallest absolute Gasteiger partial charge is 0.262 e. The molecule has 2 aromatic carbocycles. The Hall–Kier alpha value is -2.95. The molecular formula is C24H27N3O3S. The first-order chi connectivity index (χ1) is 15.1. The molecule has 0 aromatic heterocycles. The molecule has 1 aliphatic rings. The van der Waals surface area contributed by atoms with Crippen molar-refractivity contribution < 1.29 is 14.3 Å². The summed E-state index contributed by atoms with van der Waals surface area (Å²) in [6.07, 6.45) is 1.62. The maximum absolute atomic E-state index is 12.5. The van der Waals surface area contributed by atoms with Gasteiger partial charge in [-0.1, -0.05) is 18.2 Å². The summed E-state index contributed by atoms with van der Waals surface area (Å²) < 4.78 is 10.7. The average molecular weight is 438 g/mol. The quantitative estimate of drug-likeness (QED) is 0.504. The number of ether oxygens (including phenoxy) is 2. The number of hydrogen-bond acceptors (Lipinski definition) is 6. The Balaban J connectivity index is 1.70. The fraction of sp³-hybridized carbons (Fsp3) is 0.333. The summed E-state index contributed by atoms with van der Waals surface area (Å²) in [4.78, 5) is 14.9. The number of hydrogen-bond donors (Lipinski definition) is 1. The van der Waals surface area contributed by atoms with E-state index in [2.05, 4.69) is 10.2 Å². The third-order valence-corrected chi connectivity index (χ3v) is 6.03. The number of nitrogens with one attached hydrogen (secondary N) is 1. The van der Waals surface area contributed by atoms with E-state index in [0.29, 0.717) is 6.54 Å². The van der Waals surface area contributed by atoms with Gasteiger partial charge in [0, 0.05) is 43.2 Å². The second-order valence-corrected chi connectivity index (χ2v) is 8.39. The van der Waals surface area contributed by atoms with Crippen LogP contribution >= 0.6 is 11.8 Å². The first kappa shape index (κ1) is 22.7. The Morgan fingerprint density at radius 1 is 1.16 bits per heavy atom. The van der Waals surface area contributed by atoms with Gasteiger partial charge < -0.3 is 14.8 Å². The molecule has 31 heavy (non-hydrogen) atoms. The van der Waals surface area contributed by atoms with Crippen molar-refractivity contribution in [3.63, 3.8) is 0 Å². The largest absolute Gasteiger partial charge is 0.497 e. The van der Waals surface area contributed by atoms with Crippen LogP contribution in [0.5, 0.6) is 11.5 Å². The van der Waals surface area contributed by atoms with Crippen LogP contribution in [0.25, 0.3) is 6.08 Å². The average Bonchev–Trinajstić information content (AvgIpc) is 2.82. The van der Waals surface area contributed by atoms with Gasteiger partial charge in [-0.3, -0.25) is 9.69 Å². The summed E-state index contributed by atoms with van der Waals surface area (Å²) in [5.41, 5.74) is 2.86. The molecule has 6 nitrogen and oxygen atoms in total. The van der Waals surface area contributed by atoms with Crippen molar-refractivity contribution >= 4 is 23.7 Å². The van der Waals surface area contributed by atoms with Crippen LogP contribution in [-0.2, 0) is 17.9 Å². The summed E-state index contributed by atoms with van der Waals surface area (Å²) in [6.45, 7) is 3.22. The van der Waals surface area contributed by atoms with Gasteiger partial charge in [0.25, 0.3) is 5.91 Å². The van der Waals surface area contributed by atoms with Crippen LogP contribution in [0.15, 0.2) is 48.0 Å². The number of methoxy groups -OCH3 is 2. The number of benzene rings is 2. The maximum atomic E-state index is 12.5. The van der Waals surface area contributed by atoms with Crippen LogP contribution in [0.3, 0.4) is 0 Å². The first-order valence-corrected chi connectivity index (χ1v) is 11.3. The van der Waals surface area contributed by atoms with E-state index in [9.17, 15) is 10.1 Å². The van der Waals surface area contributed by atoms with E-state index in [0.717, 1.165) is 59.3 Å². The molecular weight excluding hydrogens is 410 g/mol. The molecule has 0 spiro atoms. The molecule has 0 saturated carbocycles. The monoisotopic (exact) mass is 437 g/mol. The molecule has 0 atom stereocenters.